The predicted molar refractivity (Wildman–Crippen MR) is 106 cm³/mol. The molecule has 1 N–H and O–H groups in total. The van der Waals surface area contributed by atoms with Crippen molar-refractivity contribution in [1.82, 2.24) is 10.2 Å². The number of carbonyl (C=O) groups is 1. The number of amides is 1. The molecule has 0 bridgehead atoms. The van der Waals surface area contributed by atoms with Crippen molar-refractivity contribution in [1.29, 1.82) is 0 Å². The molecule has 0 saturated carbocycles. The van der Waals surface area contributed by atoms with Gasteiger partial charge in [-0.15, -0.1) is 12.4 Å². The van der Waals surface area contributed by atoms with Crippen LogP contribution in [0.3, 0.4) is 0 Å². The molecule has 27 heavy (non-hydrogen) atoms. The Hall–Kier alpha value is -2.05. The average molecular weight is 393 g/mol. The van der Waals surface area contributed by atoms with Gasteiger partial charge in [0.2, 0.25) is 0 Å². The molecule has 0 spiro atoms. The largest absolute Gasteiger partial charge is 0.483 e. The van der Waals surface area contributed by atoms with Crippen LogP contribution in [0.5, 0.6) is 5.75 Å². The maximum atomic E-state index is 12.7. The number of aryl methyl sites for hydroxylation is 2. The van der Waals surface area contributed by atoms with E-state index in [1.807, 2.05) is 30.9 Å². The number of ether oxygens (including phenoxy) is 1. The molecule has 4 rings (SSSR count). The topological polar surface area (TPSA) is 71.8 Å². The number of hydrogen-bond acceptors (Lipinski definition) is 5. The fraction of sp³-hybridized carbons (Fsp3) is 0.500. The van der Waals surface area contributed by atoms with Gasteiger partial charge in [-0.2, -0.15) is 0 Å². The van der Waals surface area contributed by atoms with Crippen LogP contribution in [0.4, 0.5) is 0 Å². The summed E-state index contributed by atoms with van der Waals surface area (Å²) >= 11 is 0. The molecule has 2 aliphatic heterocycles. The van der Waals surface area contributed by atoms with Crippen molar-refractivity contribution >= 4 is 29.3 Å². The summed E-state index contributed by atoms with van der Waals surface area (Å²) in [5, 5.41) is 4.22. The van der Waals surface area contributed by atoms with E-state index in [1.54, 1.807) is 6.92 Å². The maximum Gasteiger partial charge on any atom is 0.339 e. The van der Waals surface area contributed by atoms with Gasteiger partial charge < -0.3 is 19.4 Å². The third-order valence-corrected chi connectivity index (χ3v) is 5.72. The normalized spacial score (nSPS) is 21.2. The van der Waals surface area contributed by atoms with Crippen LogP contribution in [0.15, 0.2) is 21.3 Å². The van der Waals surface area contributed by atoms with Crippen LogP contribution in [0.2, 0.25) is 0 Å². The Balaban J connectivity index is 0.00000210. The SMILES string of the molecule is Cc1cc(OCC(=O)N2CC[C@@H]3NCC[C@@H]32)c2c(C)c(C)c(=O)oc2c1.Cl. The van der Waals surface area contributed by atoms with Crippen molar-refractivity contribution in [3.05, 3.63) is 39.2 Å². The molecule has 2 saturated heterocycles. The fourth-order valence-electron chi connectivity index (χ4n) is 4.20. The number of rotatable bonds is 3. The van der Waals surface area contributed by atoms with Gasteiger partial charge in [0.05, 0.1) is 5.39 Å². The average Bonchev–Trinajstić information content (AvgIpc) is 3.20. The molecule has 0 aliphatic carbocycles. The van der Waals surface area contributed by atoms with E-state index in [-0.39, 0.29) is 30.5 Å². The number of carbonyl (C=O) groups excluding carboxylic acids is 1. The molecule has 2 fully saturated rings. The first-order chi connectivity index (χ1) is 12.5. The number of nitrogens with one attached hydrogen (secondary N) is 1. The summed E-state index contributed by atoms with van der Waals surface area (Å²) < 4.78 is 11.3. The molecule has 7 heteroatoms. The number of fused-ring (bicyclic) bond motifs is 2. The first kappa shape index (κ1) is 19.7. The van der Waals surface area contributed by atoms with E-state index in [4.69, 9.17) is 9.15 Å². The molecule has 6 nitrogen and oxygen atoms in total. The van der Waals surface area contributed by atoms with Gasteiger partial charge in [0.1, 0.15) is 11.3 Å². The Morgan fingerprint density at radius 1 is 1.26 bits per heavy atom. The number of nitrogens with zero attached hydrogens (tertiary/aromatic N) is 1. The highest BCUT2D eigenvalue weighted by atomic mass is 35.5. The molecular weight excluding hydrogens is 368 g/mol. The Bertz CT molecular complexity index is 940. The lowest BCUT2D eigenvalue weighted by Crippen LogP contribution is -2.41. The maximum absolute atomic E-state index is 12.7. The fourth-order valence-corrected chi connectivity index (χ4v) is 4.20. The minimum atomic E-state index is -0.334. The van der Waals surface area contributed by atoms with Crippen LogP contribution in [0.1, 0.15) is 29.5 Å². The Kier molecular flexibility index (Phi) is 5.49. The number of hydrogen-bond donors (Lipinski definition) is 1. The second kappa shape index (κ2) is 7.52. The third-order valence-electron chi connectivity index (χ3n) is 5.72. The molecule has 1 aromatic heterocycles. The van der Waals surface area contributed by atoms with Gasteiger partial charge in [0, 0.05) is 24.2 Å². The zero-order valence-electron chi connectivity index (χ0n) is 15.8. The second-order valence-electron chi connectivity index (χ2n) is 7.36. The van der Waals surface area contributed by atoms with E-state index in [1.165, 1.54) is 0 Å². The van der Waals surface area contributed by atoms with E-state index in [0.29, 0.717) is 29.0 Å². The van der Waals surface area contributed by atoms with E-state index in [0.717, 1.165) is 42.4 Å². The predicted octanol–water partition coefficient (Wildman–Crippen LogP) is 2.48. The Morgan fingerprint density at radius 3 is 2.81 bits per heavy atom. The highest BCUT2D eigenvalue weighted by Gasteiger charge is 2.39. The smallest absolute Gasteiger partial charge is 0.339 e. The highest BCUT2D eigenvalue weighted by molar-refractivity contribution is 5.88. The van der Waals surface area contributed by atoms with Crippen molar-refractivity contribution in [2.45, 2.75) is 45.7 Å². The minimum Gasteiger partial charge on any atom is -0.483 e. The molecule has 2 aliphatic rings. The summed E-state index contributed by atoms with van der Waals surface area (Å²) in [5.41, 5.74) is 2.49. The molecular formula is C20H25ClN2O4. The van der Waals surface area contributed by atoms with Gasteiger partial charge in [-0.3, -0.25) is 4.79 Å². The summed E-state index contributed by atoms with van der Waals surface area (Å²) in [5.74, 6) is 0.612. The van der Waals surface area contributed by atoms with Crippen molar-refractivity contribution in [2.24, 2.45) is 0 Å². The quantitative estimate of drug-likeness (QED) is 0.812. The van der Waals surface area contributed by atoms with E-state index in [2.05, 4.69) is 5.32 Å². The lowest BCUT2D eigenvalue weighted by atomic mass is 10.0. The van der Waals surface area contributed by atoms with E-state index < -0.39 is 0 Å². The first-order valence-electron chi connectivity index (χ1n) is 9.16. The Labute approximate surface area is 164 Å². The lowest BCUT2D eigenvalue weighted by molar-refractivity contribution is -0.134. The van der Waals surface area contributed by atoms with Crippen molar-refractivity contribution in [3.63, 3.8) is 0 Å². The number of halogens is 1. The number of benzene rings is 1. The molecule has 2 aromatic rings. The molecule has 1 amide bonds. The van der Waals surface area contributed by atoms with Gasteiger partial charge in [-0.1, -0.05) is 0 Å². The molecule has 0 unspecified atom stereocenters. The molecule has 1 aromatic carbocycles. The molecule has 146 valence electrons. The van der Waals surface area contributed by atoms with Crippen LogP contribution in [-0.2, 0) is 4.79 Å². The summed E-state index contributed by atoms with van der Waals surface area (Å²) in [6, 6.07) is 4.44. The lowest BCUT2D eigenvalue weighted by Gasteiger charge is -2.23. The van der Waals surface area contributed by atoms with Crippen molar-refractivity contribution in [3.8, 4) is 5.75 Å². The third kappa shape index (κ3) is 3.44. The number of likely N-dealkylation sites (tertiary alicyclic amines) is 1. The van der Waals surface area contributed by atoms with Crippen LogP contribution >= 0.6 is 12.4 Å². The van der Waals surface area contributed by atoms with Crippen molar-refractivity contribution < 1.29 is 13.9 Å². The van der Waals surface area contributed by atoms with Crippen LogP contribution in [0.25, 0.3) is 11.0 Å². The highest BCUT2D eigenvalue weighted by Crippen LogP contribution is 2.31. The summed E-state index contributed by atoms with van der Waals surface area (Å²) in [6.07, 6.45) is 2.01. The van der Waals surface area contributed by atoms with Gasteiger partial charge in [0.15, 0.2) is 6.61 Å². The summed E-state index contributed by atoms with van der Waals surface area (Å²) in [6.45, 7) is 7.30. The Morgan fingerprint density at radius 2 is 2.04 bits per heavy atom. The molecule has 3 heterocycles. The van der Waals surface area contributed by atoms with Gasteiger partial charge in [-0.05, 0) is 63.4 Å². The zero-order valence-corrected chi connectivity index (χ0v) is 16.6. The van der Waals surface area contributed by atoms with Crippen LogP contribution in [-0.4, -0.2) is 42.6 Å². The van der Waals surface area contributed by atoms with Gasteiger partial charge >= 0.3 is 5.63 Å². The van der Waals surface area contributed by atoms with Gasteiger partial charge in [0.25, 0.3) is 5.91 Å². The monoisotopic (exact) mass is 392 g/mol. The second-order valence-corrected chi connectivity index (χ2v) is 7.36. The summed E-state index contributed by atoms with van der Waals surface area (Å²) in [7, 11) is 0. The standard InChI is InChI=1S/C20H24N2O4.ClH/c1-11-8-16(19-12(2)13(3)20(24)26-17(19)9-11)25-10-18(23)22-7-5-14-15(22)4-6-21-14;/h8-9,14-15,21H,4-7,10H2,1-3H3;1H/t14-,15-;/m0./s1. The van der Waals surface area contributed by atoms with Crippen LogP contribution in [0, 0.1) is 20.8 Å². The van der Waals surface area contributed by atoms with E-state index >= 15 is 0 Å². The van der Waals surface area contributed by atoms with Gasteiger partial charge in [-0.25, -0.2) is 4.79 Å². The zero-order chi connectivity index (χ0) is 18.4. The van der Waals surface area contributed by atoms with Crippen LogP contribution < -0.4 is 15.7 Å². The summed E-state index contributed by atoms with van der Waals surface area (Å²) in [4.78, 5) is 26.6. The van der Waals surface area contributed by atoms with E-state index in [9.17, 15) is 9.59 Å². The molecule has 2 atom stereocenters. The van der Waals surface area contributed by atoms with Crippen molar-refractivity contribution in [2.75, 3.05) is 19.7 Å². The first-order valence-corrected chi connectivity index (χ1v) is 9.16. The molecule has 0 radical (unpaired) electrons. The minimum absolute atomic E-state index is 0.